The lowest BCUT2D eigenvalue weighted by Gasteiger charge is -2.10. The molecule has 0 aromatic heterocycles. The van der Waals surface area contributed by atoms with Crippen LogP contribution in [0, 0.1) is 0 Å². The number of carbonyl (C=O) groups excluding carboxylic acids is 1. The minimum Gasteiger partial charge on any atom is -0.326 e. The van der Waals surface area contributed by atoms with Gasteiger partial charge in [0.05, 0.1) is 6.42 Å². The minimum atomic E-state index is -0.0377. The second-order valence-corrected chi connectivity index (χ2v) is 5.86. The van der Waals surface area contributed by atoms with Crippen molar-refractivity contribution in [2.24, 2.45) is 0 Å². The van der Waals surface area contributed by atoms with E-state index in [2.05, 4.69) is 28.2 Å². The van der Waals surface area contributed by atoms with Gasteiger partial charge in [0.25, 0.3) is 0 Å². The summed E-state index contributed by atoms with van der Waals surface area (Å²) in [6.45, 7) is 2.06. The van der Waals surface area contributed by atoms with E-state index in [4.69, 9.17) is 11.6 Å². The van der Waals surface area contributed by atoms with Crippen LogP contribution in [-0.4, -0.2) is 5.91 Å². The fraction of sp³-hybridized carbons (Fsp3) is 0.188. The molecule has 2 nitrogen and oxygen atoms in total. The zero-order valence-corrected chi connectivity index (χ0v) is 13.5. The van der Waals surface area contributed by atoms with E-state index < -0.39 is 0 Å². The van der Waals surface area contributed by atoms with Crippen molar-refractivity contribution >= 4 is 39.1 Å². The normalized spacial score (nSPS) is 10.3. The molecule has 0 aliphatic carbocycles. The highest BCUT2D eigenvalue weighted by Crippen LogP contribution is 2.22. The third-order valence-electron chi connectivity index (χ3n) is 2.98. The fourth-order valence-electron chi connectivity index (χ4n) is 2.00. The number of carbonyl (C=O) groups is 1. The van der Waals surface area contributed by atoms with Crippen LogP contribution in [0.15, 0.2) is 46.9 Å². The highest BCUT2D eigenvalue weighted by atomic mass is 79.9. The van der Waals surface area contributed by atoms with Crippen LogP contribution in [-0.2, 0) is 17.6 Å². The summed E-state index contributed by atoms with van der Waals surface area (Å²) < 4.78 is 1.02. The molecular formula is C16H15BrClNO. The Kier molecular flexibility index (Phi) is 5.21. The molecule has 0 saturated heterocycles. The molecule has 2 aromatic carbocycles. The Bertz CT molecular complexity index is 628. The van der Waals surface area contributed by atoms with Crippen LogP contribution in [0.25, 0.3) is 0 Å². The summed E-state index contributed by atoms with van der Waals surface area (Å²) in [6.07, 6.45) is 1.19. The van der Waals surface area contributed by atoms with Gasteiger partial charge in [-0.3, -0.25) is 4.79 Å². The van der Waals surface area contributed by atoms with Crippen molar-refractivity contribution in [2.75, 3.05) is 5.32 Å². The summed E-state index contributed by atoms with van der Waals surface area (Å²) in [5.41, 5.74) is 2.88. The van der Waals surface area contributed by atoms with Crippen molar-refractivity contribution in [1.82, 2.24) is 0 Å². The first kappa shape index (κ1) is 15.1. The third kappa shape index (κ3) is 4.09. The summed E-state index contributed by atoms with van der Waals surface area (Å²) in [4.78, 5) is 12.1. The average molecular weight is 353 g/mol. The summed E-state index contributed by atoms with van der Waals surface area (Å²) in [7, 11) is 0. The first-order valence-corrected chi connectivity index (χ1v) is 7.58. The molecule has 0 aliphatic rings. The summed E-state index contributed by atoms with van der Waals surface area (Å²) in [6, 6.07) is 13.2. The molecule has 0 bridgehead atoms. The second kappa shape index (κ2) is 6.91. The smallest absolute Gasteiger partial charge is 0.228 e. The van der Waals surface area contributed by atoms with Gasteiger partial charge in [-0.05, 0) is 47.9 Å². The monoisotopic (exact) mass is 351 g/mol. The SMILES string of the molecule is CCc1cc(Br)ccc1NC(=O)Cc1cccc(Cl)c1. The zero-order chi connectivity index (χ0) is 14.5. The number of hydrogen-bond donors (Lipinski definition) is 1. The minimum absolute atomic E-state index is 0.0377. The molecule has 0 radical (unpaired) electrons. The first-order chi connectivity index (χ1) is 9.58. The molecule has 0 saturated carbocycles. The quantitative estimate of drug-likeness (QED) is 0.837. The molecule has 0 atom stereocenters. The van der Waals surface area contributed by atoms with Crippen LogP contribution in [0.1, 0.15) is 18.1 Å². The molecule has 4 heteroatoms. The topological polar surface area (TPSA) is 29.1 Å². The van der Waals surface area contributed by atoms with E-state index in [1.54, 1.807) is 6.07 Å². The Morgan fingerprint density at radius 3 is 2.75 bits per heavy atom. The van der Waals surface area contributed by atoms with Crippen LogP contribution in [0.4, 0.5) is 5.69 Å². The molecule has 2 rings (SSSR count). The molecule has 0 aliphatic heterocycles. The lowest BCUT2D eigenvalue weighted by Crippen LogP contribution is -2.15. The van der Waals surface area contributed by atoms with Gasteiger partial charge in [-0.2, -0.15) is 0 Å². The van der Waals surface area contributed by atoms with E-state index >= 15 is 0 Å². The van der Waals surface area contributed by atoms with Crippen molar-refractivity contribution in [2.45, 2.75) is 19.8 Å². The van der Waals surface area contributed by atoms with Gasteiger partial charge in [0, 0.05) is 15.2 Å². The van der Waals surface area contributed by atoms with E-state index in [9.17, 15) is 4.79 Å². The highest BCUT2D eigenvalue weighted by molar-refractivity contribution is 9.10. The van der Waals surface area contributed by atoms with E-state index in [0.29, 0.717) is 11.4 Å². The number of amides is 1. The predicted octanol–water partition coefficient (Wildman–Crippen LogP) is 4.85. The van der Waals surface area contributed by atoms with Gasteiger partial charge in [0.1, 0.15) is 0 Å². The molecule has 104 valence electrons. The first-order valence-electron chi connectivity index (χ1n) is 6.41. The van der Waals surface area contributed by atoms with Gasteiger partial charge in [-0.15, -0.1) is 0 Å². The molecule has 1 amide bonds. The fourth-order valence-corrected chi connectivity index (χ4v) is 2.62. The molecule has 1 N–H and O–H groups in total. The van der Waals surface area contributed by atoms with Crippen LogP contribution in [0.5, 0.6) is 0 Å². The predicted molar refractivity (Wildman–Crippen MR) is 87.3 cm³/mol. The molecule has 0 heterocycles. The van der Waals surface area contributed by atoms with Gasteiger partial charge in [0.2, 0.25) is 5.91 Å². The molecule has 0 fully saturated rings. The standard InChI is InChI=1S/C16H15BrClNO/c1-2-12-10-13(17)6-7-15(12)19-16(20)9-11-4-3-5-14(18)8-11/h3-8,10H,2,9H2,1H3,(H,19,20). The van der Waals surface area contributed by atoms with Gasteiger partial charge >= 0.3 is 0 Å². The van der Waals surface area contributed by atoms with Gasteiger partial charge in [0.15, 0.2) is 0 Å². The Morgan fingerprint density at radius 2 is 2.05 bits per heavy atom. The Balaban J connectivity index is 2.08. The number of hydrogen-bond acceptors (Lipinski definition) is 1. The van der Waals surface area contributed by atoms with Crippen LogP contribution >= 0.6 is 27.5 Å². The Hall–Kier alpha value is -1.32. The van der Waals surface area contributed by atoms with Crippen molar-refractivity contribution < 1.29 is 4.79 Å². The summed E-state index contributed by atoms with van der Waals surface area (Å²) in [5, 5.41) is 3.60. The van der Waals surface area contributed by atoms with Crippen LogP contribution < -0.4 is 5.32 Å². The number of anilines is 1. The lowest BCUT2D eigenvalue weighted by molar-refractivity contribution is -0.115. The van der Waals surface area contributed by atoms with Crippen LogP contribution in [0.3, 0.4) is 0 Å². The van der Waals surface area contributed by atoms with Crippen molar-refractivity contribution in [3.05, 3.63) is 63.1 Å². The van der Waals surface area contributed by atoms with E-state index in [0.717, 1.165) is 27.7 Å². The molecular weight excluding hydrogens is 338 g/mol. The average Bonchev–Trinajstić information content (AvgIpc) is 2.40. The molecule has 0 unspecified atom stereocenters. The summed E-state index contributed by atoms with van der Waals surface area (Å²) in [5.74, 6) is -0.0377. The third-order valence-corrected chi connectivity index (χ3v) is 3.70. The van der Waals surface area contributed by atoms with E-state index in [-0.39, 0.29) is 5.91 Å². The number of nitrogens with one attached hydrogen (secondary N) is 1. The molecule has 2 aromatic rings. The van der Waals surface area contributed by atoms with Crippen LogP contribution in [0.2, 0.25) is 5.02 Å². The Morgan fingerprint density at radius 1 is 1.25 bits per heavy atom. The van der Waals surface area contributed by atoms with Gasteiger partial charge in [-0.25, -0.2) is 0 Å². The number of benzene rings is 2. The van der Waals surface area contributed by atoms with Crippen molar-refractivity contribution in [3.63, 3.8) is 0 Å². The number of aryl methyl sites for hydroxylation is 1. The Labute approximate surface area is 132 Å². The van der Waals surface area contributed by atoms with Crippen molar-refractivity contribution in [1.29, 1.82) is 0 Å². The van der Waals surface area contributed by atoms with Crippen molar-refractivity contribution in [3.8, 4) is 0 Å². The zero-order valence-electron chi connectivity index (χ0n) is 11.1. The number of halogens is 2. The highest BCUT2D eigenvalue weighted by Gasteiger charge is 2.08. The van der Waals surface area contributed by atoms with E-state index in [1.807, 2.05) is 36.4 Å². The van der Waals surface area contributed by atoms with Gasteiger partial charge < -0.3 is 5.32 Å². The molecule has 0 spiro atoms. The van der Waals surface area contributed by atoms with Gasteiger partial charge in [-0.1, -0.05) is 46.6 Å². The maximum atomic E-state index is 12.1. The second-order valence-electron chi connectivity index (χ2n) is 4.51. The summed E-state index contributed by atoms with van der Waals surface area (Å²) >= 11 is 9.35. The molecule has 20 heavy (non-hydrogen) atoms. The number of rotatable bonds is 4. The largest absolute Gasteiger partial charge is 0.326 e. The maximum absolute atomic E-state index is 12.1. The maximum Gasteiger partial charge on any atom is 0.228 e. The van der Waals surface area contributed by atoms with E-state index in [1.165, 1.54) is 0 Å². The lowest BCUT2D eigenvalue weighted by atomic mass is 10.1.